The predicted octanol–water partition coefficient (Wildman–Crippen LogP) is 2.76. The normalized spacial score (nSPS) is 13.3. The van der Waals surface area contributed by atoms with Crippen LogP contribution in [0.2, 0.25) is 0 Å². The molecule has 0 saturated heterocycles. The minimum absolute atomic E-state index is 0.125. The highest BCUT2D eigenvalue weighted by atomic mass is 16.3. The fraction of sp³-hybridized carbons (Fsp3) is 0.750. The third-order valence-electron chi connectivity index (χ3n) is 2.12. The van der Waals surface area contributed by atoms with Crippen LogP contribution in [0.15, 0.2) is 12.2 Å². The zero-order chi connectivity index (χ0) is 10.6. The second-order valence-corrected chi connectivity index (χ2v) is 3.56. The Balaban J connectivity index is 3.22. The van der Waals surface area contributed by atoms with E-state index in [0.29, 0.717) is 6.42 Å². The molecule has 1 radical (unpaired) electrons. The maximum absolute atomic E-state index is 9.91. The van der Waals surface area contributed by atoms with Gasteiger partial charge in [0.15, 0.2) is 0 Å². The molecular weight excluding hydrogens is 176 g/mol. The second kappa shape index (κ2) is 10.5. The van der Waals surface area contributed by atoms with E-state index in [0.717, 1.165) is 6.42 Å². The number of hydrogen-bond donors (Lipinski definition) is 1. The summed E-state index contributed by atoms with van der Waals surface area (Å²) in [5.41, 5.74) is 0. The van der Waals surface area contributed by atoms with Crippen molar-refractivity contribution in [3.05, 3.63) is 12.2 Å². The number of unbranched alkanes of at least 4 members (excludes halogenated alkanes) is 4. The van der Waals surface area contributed by atoms with E-state index in [1.165, 1.54) is 25.7 Å². The van der Waals surface area contributed by atoms with Crippen LogP contribution in [-0.2, 0) is 4.79 Å². The minimum atomic E-state index is -0.542. The molecule has 0 fully saturated rings. The van der Waals surface area contributed by atoms with E-state index in [-0.39, 0.29) is 6.42 Å². The molecule has 0 saturated carbocycles. The van der Waals surface area contributed by atoms with Gasteiger partial charge in [-0.15, -0.1) is 0 Å². The number of allylic oxidation sites excluding steroid dienone is 1. The lowest BCUT2D eigenvalue weighted by Gasteiger charge is -2.00. The van der Waals surface area contributed by atoms with E-state index < -0.39 is 6.10 Å². The highest BCUT2D eigenvalue weighted by Gasteiger charge is 1.98. The van der Waals surface area contributed by atoms with Gasteiger partial charge in [-0.05, 0) is 19.3 Å². The maximum atomic E-state index is 9.91. The number of rotatable bonds is 9. The van der Waals surface area contributed by atoms with Gasteiger partial charge in [0.1, 0.15) is 0 Å². The van der Waals surface area contributed by atoms with Crippen LogP contribution in [0.3, 0.4) is 0 Å². The summed E-state index contributed by atoms with van der Waals surface area (Å²) in [6, 6.07) is 0. The van der Waals surface area contributed by atoms with E-state index in [4.69, 9.17) is 0 Å². The molecule has 2 heteroatoms. The van der Waals surface area contributed by atoms with Gasteiger partial charge in [0.25, 0.3) is 0 Å². The fourth-order valence-electron chi connectivity index (χ4n) is 1.24. The zero-order valence-corrected chi connectivity index (χ0v) is 9.04. The molecule has 0 heterocycles. The summed E-state index contributed by atoms with van der Waals surface area (Å²) in [6.07, 6.45) is 12.0. The van der Waals surface area contributed by atoms with Gasteiger partial charge >= 0.3 is 0 Å². The molecule has 0 aromatic rings. The van der Waals surface area contributed by atoms with Crippen LogP contribution in [-0.4, -0.2) is 17.5 Å². The SMILES string of the molecule is CCCCCC/C=C\C[C@@H](O)C[C]=O. The summed E-state index contributed by atoms with van der Waals surface area (Å²) in [4.78, 5) is 9.91. The first-order valence-electron chi connectivity index (χ1n) is 5.49. The summed E-state index contributed by atoms with van der Waals surface area (Å²) in [5, 5.41) is 9.18. The van der Waals surface area contributed by atoms with Crippen LogP contribution >= 0.6 is 0 Å². The summed E-state index contributed by atoms with van der Waals surface area (Å²) >= 11 is 0. The maximum Gasteiger partial charge on any atom is 0.201 e. The smallest absolute Gasteiger partial charge is 0.201 e. The Morgan fingerprint density at radius 2 is 2.07 bits per heavy atom. The lowest BCUT2D eigenvalue weighted by molar-refractivity contribution is 0.184. The van der Waals surface area contributed by atoms with Gasteiger partial charge in [-0.3, -0.25) is 4.79 Å². The fourth-order valence-corrected chi connectivity index (χ4v) is 1.24. The second-order valence-electron chi connectivity index (χ2n) is 3.56. The molecule has 81 valence electrons. The molecule has 0 unspecified atom stereocenters. The number of aliphatic hydroxyl groups is 1. The van der Waals surface area contributed by atoms with Crippen molar-refractivity contribution in [1.82, 2.24) is 0 Å². The average molecular weight is 197 g/mol. The molecule has 0 rings (SSSR count). The first-order chi connectivity index (χ1) is 6.81. The van der Waals surface area contributed by atoms with Gasteiger partial charge < -0.3 is 5.11 Å². The van der Waals surface area contributed by atoms with Gasteiger partial charge in [-0.2, -0.15) is 0 Å². The topological polar surface area (TPSA) is 37.3 Å². The van der Waals surface area contributed by atoms with Crippen LogP contribution in [0.5, 0.6) is 0 Å². The molecule has 1 atom stereocenters. The van der Waals surface area contributed by atoms with E-state index in [1.54, 1.807) is 6.29 Å². The third kappa shape index (κ3) is 9.46. The Morgan fingerprint density at radius 1 is 1.29 bits per heavy atom. The van der Waals surface area contributed by atoms with E-state index >= 15 is 0 Å². The van der Waals surface area contributed by atoms with Crippen molar-refractivity contribution < 1.29 is 9.90 Å². The number of aliphatic hydroxyl groups excluding tert-OH is 1. The van der Waals surface area contributed by atoms with Crippen molar-refractivity contribution in [3.63, 3.8) is 0 Å². The van der Waals surface area contributed by atoms with Crippen LogP contribution in [0, 0.1) is 0 Å². The van der Waals surface area contributed by atoms with Crippen LogP contribution < -0.4 is 0 Å². The highest BCUT2D eigenvalue weighted by molar-refractivity contribution is 5.51. The Hall–Kier alpha value is -0.630. The Kier molecular flexibility index (Phi) is 9.98. The third-order valence-corrected chi connectivity index (χ3v) is 2.12. The largest absolute Gasteiger partial charge is 0.392 e. The van der Waals surface area contributed by atoms with Gasteiger partial charge in [0.05, 0.1) is 6.10 Å². The van der Waals surface area contributed by atoms with Gasteiger partial charge in [0.2, 0.25) is 6.29 Å². The van der Waals surface area contributed by atoms with Gasteiger partial charge in [0, 0.05) is 6.42 Å². The molecule has 2 nitrogen and oxygen atoms in total. The molecule has 0 amide bonds. The van der Waals surface area contributed by atoms with Crippen molar-refractivity contribution in [3.8, 4) is 0 Å². The Labute approximate surface area is 87.0 Å². The minimum Gasteiger partial charge on any atom is -0.392 e. The van der Waals surface area contributed by atoms with Crippen LogP contribution in [0.25, 0.3) is 0 Å². The highest BCUT2D eigenvalue weighted by Crippen LogP contribution is 2.04. The molecule has 0 spiro atoms. The molecule has 0 aliphatic rings. The van der Waals surface area contributed by atoms with E-state index in [9.17, 15) is 9.90 Å². The first-order valence-corrected chi connectivity index (χ1v) is 5.49. The molecule has 1 N–H and O–H groups in total. The van der Waals surface area contributed by atoms with Crippen molar-refractivity contribution >= 4 is 6.29 Å². The Bertz CT molecular complexity index is 152. The van der Waals surface area contributed by atoms with Crippen LogP contribution in [0.1, 0.15) is 51.9 Å². The quantitative estimate of drug-likeness (QED) is 0.456. The molecule has 0 aromatic carbocycles. The lowest BCUT2D eigenvalue weighted by atomic mass is 10.1. The average Bonchev–Trinajstić information content (AvgIpc) is 2.17. The van der Waals surface area contributed by atoms with Crippen molar-refractivity contribution in [2.45, 2.75) is 58.0 Å². The molecule has 0 bridgehead atoms. The molecule has 14 heavy (non-hydrogen) atoms. The van der Waals surface area contributed by atoms with E-state index in [1.807, 2.05) is 6.08 Å². The number of hydrogen-bond acceptors (Lipinski definition) is 2. The van der Waals surface area contributed by atoms with Crippen molar-refractivity contribution in [2.75, 3.05) is 0 Å². The van der Waals surface area contributed by atoms with Crippen LogP contribution in [0.4, 0.5) is 0 Å². The van der Waals surface area contributed by atoms with Gasteiger partial charge in [-0.1, -0.05) is 38.3 Å². The summed E-state index contributed by atoms with van der Waals surface area (Å²) in [5.74, 6) is 0. The number of carbonyl (C=O) groups excluding carboxylic acids is 1. The molecule has 0 aromatic heterocycles. The molecular formula is C12H21O2. The molecule has 0 aliphatic heterocycles. The standard InChI is InChI=1S/C12H21O2/c1-2-3-4-5-6-7-8-9-12(14)10-11-13/h7-8,12,14H,2-6,9-10H2,1H3/b8-7-/t12-/m1/s1. The predicted molar refractivity (Wildman–Crippen MR) is 58.8 cm³/mol. The molecule has 0 aliphatic carbocycles. The summed E-state index contributed by atoms with van der Waals surface area (Å²) < 4.78 is 0. The Morgan fingerprint density at radius 3 is 2.71 bits per heavy atom. The summed E-state index contributed by atoms with van der Waals surface area (Å²) in [6.45, 7) is 2.20. The summed E-state index contributed by atoms with van der Waals surface area (Å²) in [7, 11) is 0. The van der Waals surface area contributed by atoms with Crippen molar-refractivity contribution in [2.24, 2.45) is 0 Å². The van der Waals surface area contributed by atoms with E-state index in [2.05, 4.69) is 13.0 Å². The van der Waals surface area contributed by atoms with Crippen molar-refractivity contribution in [1.29, 1.82) is 0 Å². The first kappa shape index (κ1) is 13.4. The zero-order valence-electron chi connectivity index (χ0n) is 9.04. The van der Waals surface area contributed by atoms with Gasteiger partial charge in [-0.25, -0.2) is 0 Å². The lowest BCUT2D eigenvalue weighted by Crippen LogP contribution is -2.04. The monoisotopic (exact) mass is 197 g/mol.